The second kappa shape index (κ2) is 6.28. The largest absolute Gasteiger partial charge is 0.486 e. The van der Waals surface area contributed by atoms with Gasteiger partial charge in [0.15, 0.2) is 11.5 Å². The van der Waals surface area contributed by atoms with Crippen LogP contribution in [0.1, 0.15) is 16.4 Å². The van der Waals surface area contributed by atoms with E-state index in [9.17, 15) is 0 Å². The summed E-state index contributed by atoms with van der Waals surface area (Å²) in [5.74, 6) is 1.61. The van der Waals surface area contributed by atoms with Crippen molar-refractivity contribution in [2.45, 2.75) is 26.8 Å². The highest BCUT2D eigenvalue weighted by atomic mass is 32.1. The molecule has 0 unspecified atom stereocenters. The Morgan fingerprint density at radius 3 is 2.75 bits per heavy atom. The molecule has 5 nitrogen and oxygen atoms in total. The van der Waals surface area contributed by atoms with Crippen LogP contribution in [0.15, 0.2) is 29.6 Å². The van der Waals surface area contributed by atoms with E-state index in [1.54, 1.807) is 11.3 Å². The SMILES string of the molecule is Cc1cc(C)n(CCc2nc(-c3ccc4c(c3)OCCO4)cs2)n1. The third-order valence-corrected chi connectivity index (χ3v) is 4.94. The number of hydrogen-bond acceptors (Lipinski definition) is 5. The monoisotopic (exact) mass is 341 g/mol. The zero-order valence-corrected chi connectivity index (χ0v) is 14.6. The molecule has 0 atom stereocenters. The van der Waals surface area contributed by atoms with Gasteiger partial charge in [-0.3, -0.25) is 4.68 Å². The summed E-state index contributed by atoms with van der Waals surface area (Å²) < 4.78 is 13.3. The summed E-state index contributed by atoms with van der Waals surface area (Å²) >= 11 is 1.69. The summed E-state index contributed by atoms with van der Waals surface area (Å²) in [4.78, 5) is 4.76. The van der Waals surface area contributed by atoms with Crippen LogP contribution >= 0.6 is 11.3 Å². The molecule has 1 aliphatic heterocycles. The van der Waals surface area contributed by atoms with Crippen molar-refractivity contribution in [3.8, 4) is 22.8 Å². The van der Waals surface area contributed by atoms with Crippen molar-refractivity contribution in [2.24, 2.45) is 0 Å². The van der Waals surface area contributed by atoms with E-state index in [-0.39, 0.29) is 0 Å². The van der Waals surface area contributed by atoms with Crippen LogP contribution in [-0.4, -0.2) is 28.0 Å². The Morgan fingerprint density at radius 2 is 1.96 bits per heavy atom. The van der Waals surface area contributed by atoms with Crippen molar-refractivity contribution < 1.29 is 9.47 Å². The predicted octanol–water partition coefficient (Wildman–Crippen LogP) is 3.64. The molecule has 3 aromatic rings. The molecule has 0 amide bonds. The Balaban J connectivity index is 1.49. The van der Waals surface area contributed by atoms with Crippen LogP contribution in [-0.2, 0) is 13.0 Å². The van der Waals surface area contributed by atoms with Gasteiger partial charge in [0.2, 0.25) is 0 Å². The van der Waals surface area contributed by atoms with Crippen molar-refractivity contribution >= 4 is 11.3 Å². The number of hydrogen-bond donors (Lipinski definition) is 0. The standard InChI is InChI=1S/C18H19N3O2S/c1-12-9-13(2)21(20-12)6-5-18-19-15(11-24-18)14-3-4-16-17(10-14)23-8-7-22-16/h3-4,9-11H,5-8H2,1-2H3. The van der Waals surface area contributed by atoms with E-state index in [2.05, 4.69) is 23.5 Å². The van der Waals surface area contributed by atoms with Gasteiger partial charge in [-0.2, -0.15) is 5.10 Å². The van der Waals surface area contributed by atoms with Crippen LogP contribution in [0.25, 0.3) is 11.3 Å². The molecule has 1 aromatic carbocycles. The topological polar surface area (TPSA) is 49.2 Å². The first-order valence-electron chi connectivity index (χ1n) is 8.04. The summed E-state index contributed by atoms with van der Waals surface area (Å²) in [6.07, 6.45) is 0.886. The second-order valence-corrected chi connectivity index (χ2v) is 6.83. The Kier molecular flexibility index (Phi) is 3.98. The number of ether oxygens (including phenoxy) is 2. The highest BCUT2D eigenvalue weighted by Gasteiger charge is 2.14. The fourth-order valence-corrected chi connectivity index (χ4v) is 3.66. The lowest BCUT2D eigenvalue weighted by atomic mass is 10.1. The molecule has 4 rings (SSSR count). The molecule has 124 valence electrons. The maximum Gasteiger partial charge on any atom is 0.162 e. The highest BCUT2D eigenvalue weighted by molar-refractivity contribution is 7.09. The Morgan fingerprint density at radius 1 is 1.12 bits per heavy atom. The Labute approximate surface area is 144 Å². The van der Waals surface area contributed by atoms with Gasteiger partial charge in [0.05, 0.1) is 16.4 Å². The van der Waals surface area contributed by atoms with Crippen LogP contribution < -0.4 is 9.47 Å². The molecule has 1 aliphatic rings. The average Bonchev–Trinajstić information content (AvgIpc) is 3.18. The van der Waals surface area contributed by atoms with Crippen LogP contribution in [0.3, 0.4) is 0 Å². The fourth-order valence-electron chi connectivity index (χ4n) is 2.86. The van der Waals surface area contributed by atoms with Gasteiger partial charge in [-0.15, -0.1) is 11.3 Å². The van der Waals surface area contributed by atoms with Crippen LogP contribution in [0.2, 0.25) is 0 Å². The molecule has 2 aromatic heterocycles. The lowest BCUT2D eigenvalue weighted by molar-refractivity contribution is 0.171. The van der Waals surface area contributed by atoms with Gasteiger partial charge < -0.3 is 9.47 Å². The number of benzene rings is 1. The summed E-state index contributed by atoms with van der Waals surface area (Å²) in [7, 11) is 0. The Bertz CT molecular complexity index is 869. The predicted molar refractivity (Wildman–Crippen MR) is 93.9 cm³/mol. The fraction of sp³-hybridized carbons (Fsp3) is 0.333. The van der Waals surface area contributed by atoms with Crippen molar-refractivity contribution in [3.63, 3.8) is 0 Å². The molecule has 3 heterocycles. The number of nitrogens with zero attached hydrogens (tertiary/aromatic N) is 3. The zero-order valence-electron chi connectivity index (χ0n) is 13.8. The van der Waals surface area contributed by atoms with Crippen molar-refractivity contribution in [3.05, 3.63) is 46.0 Å². The molecular weight excluding hydrogens is 322 g/mol. The summed E-state index contributed by atoms with van der Waals surface area (Å²) in [6, 6.07) is 8.10. The van der Waals surface area contributed by atoms with Crippen molar-refractivity contribution in [2.75, 3.05) is 13.2 Å². The van der Waals surface area contributed by atoms with Crippen molar-refractivity contribution in [1.29, 1.82) is 0 Å². The first-order valence-corrected chi connectivity index (χ1v) is 8.92. The van der Waals surface area contributed by atoms with Gasteiger partial charge in [-0.25, -0.2) is 4.98 Å². The molecular formula is C18H19N3O2S. The van der Waals surface area contributed by atoms with Gasteiger partial charge in [0, 0.05) is 29.6 Å². The smallest absolute Gasteiger partial charge is 0.162 e. The van der Waals surface area contributed by atoms with Crippen LogP contribution in [0.4, 0.5) is 0 Å². The first-order chi connectivity index (χ1) is 11.7. The minimum Gasteiger partial charge on any atom is -0.486 e. The molecule has 0 aliphatic carbocycles. The maximum absolute atomic E-state index is 5.65. The zero-order chi connectivity index (χ0) is 16.5. The highest BCUT2D eigenvalue weighted by Crippen LogP contribution is 2.34. The molecule has 0 bridgehead atoms. The van der Waals surface area contributed by atoms with Gasteiger partial charge >= 0.3 is 0 Å². The quantitative estimate of drug-likeness (QED) is 0.727. The van der Waals surface area contributed by atoms with Gasteiger partial charge in [0.1, 0.15) is 13.2 Å². The van der Waals surface area contributed by atoms with E-state index in [1.165, 1.54) is 5.69 Å². The van der Waals surface area contributed by atoms with Gasteiger partial charge in [-0.1, -0.05) is 0 Å². The van der Waals surface area contributed by atoms with E-state index >= 15 is 0 Å². The number of aromatic nitrogens is 3. The number of fused-ring (bicyclic) bond motifs is 1. The van der Waals surface area contributed by atoms with E-state index in [0.29, 0.717) is 13.2 Å². The molecule has 0 fully saturated rings. The van der Waals surface area contributed by atoms with E-state index in [0.717, 1.165) is 46.4 Å². The summed E-state index contributed by atoms with van der Waals surface area (Å²) in [5.41, 5.74) is 4.30. The van der Waals surface area contributed by atoms with E-state index in [1.807, 2.05) is 29.8 Å². The minimum absolute atomic E-state index is 0.599. The molecule has 0 N–H and O–H groups in total. The first kappa shape index (κ1) is 15.2. The molecule has 0 saturated heterocycles. The van der Waals surface area contributed by atoms with E-state index < -0.39 is 0 Å². The third kappa shape index (κ3) is 3.01. The van der Waals surface area contributed by atoms with Crippen LogP contribution in [0, 0.1) is 13.8 Å². The summed E-state index contributed by atoms with van der Waals surface area (Å²) in [6.45, 7) is 6.17. The maximum atomic E-state index is 5.65. The number of aryl methyl sites for hydroxylation is 4. The lowest BCUT2D eigenvalue weighted by Gasteiger charge is -2.18. The van der Waals surface area contributed by atoms with Gasteiger partial charge in [-0.05, 0) is 38.1 Å². The Hall–Kier alpha value is -2.34. The average molecular weight is 341 g/mol. The third-order valence-electron chi connectivity index (χ3n) is 4.03. The summed E-state index contributed by atoms with van der Waals surface area (Å²) in [5, 5.41) is 7.72. The number of thiazole rings is 1. The second-order valence-electron chi connectivity index (χ2n) is 5.89. The van der Waals surface area contributed by atoms with Crippen LogP contribution in [0.5, 0.6) is 11.5 Å². The molecule has 24 heavy (non-hydrogen) atoms. The lowest BCUT2D eigenvalue weighted by Crippen LogP contribution is -2.15. The van der Waals surface area contributed by atoms with Crippen molar-refractivity contribution in [1.82, 2.24) is 14.8 Å². The molecule has 0 saturated carbocycles. The van der Waals surface area contributed by atoms with Gasteiger partial charge in [0.25, 0.3) is 0 Å². The number of rotatable bonds is 4. The molecule has 0 radical (unpaired) electrons. The van der Waals surface area contributed by atoms with E-state index in [4.69, 9.17) is 14.5 Å². The normalized spacial score (nSPS) is 13.2. The molecule has 0 spiro atoms. The minimum atomic E-state index is 0.599. The molecule has 6 heteroatoms.